The Labute approximate surface area is 146 Å². The molecule has 0 aliphatic carbocycles. The van der Waals surface area contributed by atoms with Gasteiger partial charge in [-0.1, -0.05) is 44.2 Å². The molecular formula is C18H30ClN3O. The van der Waals surface area contributed by atoms with Crippen molar-refractivity contribution in [2.75, 3.05) is 27.2 Å². The summed E-state index contributed by atoms with van der Waals surface area (Å²) in [5, 5.41) is 6.52. The highest BCUT2D eigenvalue weighted by Gasteiger charge is 2.37. The van der Waals surface area contributed by atoms with Gasteiger partial charge < -0.3 is 15.5 Å². The van der Waals surface area contributed by atoms with E-state index < -0.39 is 0 Å². The molecule has 0 radical (unpaired) electrons. The van der Waals surface area contributed by atoms with Crippen molar-refractivity contribution in [1.29, 1.82) is 0 Å². The largest absolute Gasteiger partial charge is 0.353 e. The molecule has 2 N–H and O–H groups in total. The van der Waals surface area contributed by atoms with E-state index in [1.54, 1.807) is 0 Å². The van der Waals surface area contributed by atoms with E-state index in [-0.39, 0.29) is 35.8 Å². The molecule has 1 aromatic carbocycles. The van der Waals surface area contributed by atoms with E-state index in [4.69, 9.17) is 0 Å². The lowest BCUT2D eigenvalue weighted by molar-refractivity contribution is -0.127. The molecule has 23 heavy (non-hydrogen) atoms. The second-order valence-corrected chi connectivity index (χ2v) is 7.11. The van der Waals surface area contributed by atoms with Crippen LogP contribution < -0.4 is 10.6 Å². The third-order valence-corrected chi connectivity index (χ3v) is 4.67. The number of rotatable bonds is 5. The number of nitrogens with zero attached hydrogens (tertiary/aromatic N) is 1. The molecule has 1 amide bonds. The molecule has 1 fully saturated rings. The van der Waals surface area contributed by atoms with Crippen LogP contribution in [0.5, 0.6) is 0 Å². The number of benzene rings is 1. The van der Waals surface area contributed by atoms with Crippen LogP contribution in [-0.4, -0.2) is 44.0 Å². The van der Waals surface area contributed by atoms with Crippen LogP contribution in [0.25, 0.3) is 0 Å². The van der Waals surface area contributed by atoms with Crippen LogP contribution >= 0.6 is 12.4 Å². The fourth-order valence-electron chi connectivity index (χ4n) is 3.23. The number of carbonyl (C=O) groups excluding carboxylic acids is 1. The average Bonchev–Trinajstić information content (AvgIpc) is 2.47. The van der Waals surface area contributed by atoms with Crippen molar-refractivity contribution in [3.8, 4) is 0 Å². The zero-order chi connectivity index (χ0) is 16.2. The summed E-state index contributed by atoms with van der Waals surface area (Å²) in [5.41, 5.74) is 1.24. The summed E-state index contributed by atoms with van der Waals surface area (Å²) >= 11 is 0. The van der Waals surface area contributed by atoms with E-state index in [0.717, 1.165) is 19.4 Å². The Balaban J connectivity index is 0.00000264. The van der Waals surface area contributed by atoms with Gasteiger partial charge in [-0.2, -0.15) is 0 Å². The predicted octanol–water partition coefficient (Wildman–Crippen LogP) is 2.61. The minimum atomic E-state index is -0.0974. The SMILES string of the molecule is CN(C)C(CNC(=O)C1NCCCC1(C)C)c1ccccc1.Cl. The Kier molecular flexibility index (Phi) is 7.52. The molecule has 1 aliphatic rings. The lowest BCUT2D eigenvalue weighted by Gasteiger charge is -2.38. The highest BCUT2D eigenvalue weighted by Crippen LogP contribution is 2.30. The van der Waals surface area contributed by atoms with Gasteiger partial charge in [0.25, 0.3) is 0 Å². The van der Waals surface area contributed by atoms with Gasteiger partial charge in [-0.05, 0) is 44.5 Å². The molecule has 0 bridgehead atoms. The molecule has 2 atom stereocenters. The highest BCUT2D eigenvalue weighted by molar-refractivity contribution is 5.85. The summed E-state index contributed by atoms with van der Waals surface area (Å²) in [7, 11) is 4.10. The van der Waals surface area contributed by atoms with Gasteiger partial charge in [-0.3, -0.25) is 4.79 Å². The first kappa shape index (κ1) is 19.9. The van der Waals surface area contributed by atoms with Crippen molar-refractivity contribution in [1.82, 2.24) is 15.5 Å². The van der Waals surface area contributed by atoms with Crippen LogP contribution in [0.3, 0.4) is 0 Å². The topological polar surface area (TPSA) is 44.4 Å². The fraction of sp³-hybridized carbons (Fsp3) is 0.611. The number of hydrogen-bond donors (Lipinski definition) is 2. The van der Waals surface area contributed by atoms with Gasteiger partial charge in [-0.25, -0.2) is 0 Å². The molecule has 0 aromatic heterocycles. The zero-order valence-electron chi connectivity index (χ0n) is 14.6. The molecule has 5 heteroatoms. The average molecular weight is 340 g/mol. The second-order valence-electron chi connectivity index (χ2n) is 7.11. The maximum atomic E-state index is 12.6. The summed E-state index contributed by atoms with van der Waals surface area (Å²) in [6.07, 6.45) is 2.23. The van der Waals surface area contributed by atoms with Gasteiger partial charge in [0, 0.05) is 6.54 Å². The van der Waals surface area contributed by atoms with Crippen LogP contribution in [0.4, 0.5) is 0 Å². The van der Waals surface area contributed by atoms with Gasteiger partial charge in [0.15, 0.2) is 0 Å². The Morgan fingerprint density at radius 1 is 1.35 bits per heavy atom. The molecule has 0 saturated carbocycles. The smallest absolute Gasteiger partial charge is 0.237 e. The van der Waals surface area contributed by atoms with Gasteiger partial charge in [-0.15, -0.1) is 12.4 Å². The first-order valence-corrected chi connectivity index (χ1v) is 8.14. The molecule has 4 nitrogen and oxygen atoms in total. The maximum absolute atomic E-state index is 12.6. The van der Waals surface area contributed by atoms with Crippen molar-refractivity contribution < 1.29 is 4.79 Å². The van der Waals surface area contributed by atoms with Crippen molar-refractivity contribution >= 4 is 18.3 Å². The van der Waals surface area contributed by atoms with Gasteiger partial charge in [0.05, 0.1) is 12.1 Å². The molecule has 1 aliphatic heterocycles. The minimum absolute atomic E-state index is 0. The van der Waals surface area contributed by atoms with E-state index in [2.05, 4.69) is 41.5 Å². The molecular weight excluding hydrogens is 310 g/mol. The van der Waals surface area contributed by atoms with Gasteiger partial charge in [0.2, 0.25) is 5.91 Å². The van der Waals surface area contributed by atoms with E-state index >= 15 is 0 Å². The van der Waals surface area contributed by atoms with Crippen molar-refractivity contribution in [2.45, 2.75) is 38.8 Å². The third kappa shape index (κ3) is 5.20. The third-order valence-electron chi connectivity index (χ3n) is 4.67. The normalized spacial score (nSPS) is 21.3. The van der Waals surface area contributed by atoms with Crippen LogP contribution in [0.1, 0.15) is 38.3 Å². The first-order chi connectivity index (χ1) is 10.4. The molecule has 2 rings (SSSR count). The number of piperidine rings is 1. The summed E-state index contributed by atoms with van der Waals surface area (Å²) in [6, 6.07) is 10.4. The maximum Gasteiger partial charge on any atom is 0.237 e. The summed E-state index contributed by atoms with van der Waals surface area (Å²) in [6.45, 7) is 5.90. The van der Waals surface area contributed by atoms with Crippen molar-refractivity contribution in [3.63, 3.8) is 0 Å². The molecule has 1 aromatic rings. The number of nitrogens with one attached hydrogen (secondary N) is 2. The monoisotopic (exact) mass is 339 g/mol. The lowest BCUT2D eigenvalue weighted by Crippen LogP contribution is -2.56. The van der Waals surface area contributed by atoms with E-state index in [9.17, 15) is 4.79 Å². The zero-order valence-corrected chi connectivity index (χ0v) is 15.5. The quantitative estimate of drug-likeness (QED) is 0.866. The number of amides is 1. The van der Waals surface area contributed by atoms with Gasteiger partial charge >= 0.3 is 0 Å². The molecule has 2 unspecified atom stereocenters. The Bertz CT molecular complexity index is 490. The summed E-state index contributed by atoms with van der Waals surface area (Å²) in [5.74, 6) is 0.118. The van der Waals surface area contributed by atoms with E-state index in [1.165, 1.54) is 5.56 Å². The van der Waals surface area contributed by atoms with Gasteiger partial charge in [0.1, 0.15) is 0 Å². The number of carbonyl (C=O) groups is 1. The van der Waals surface area contributed by atoms with E-state index in [1.807, 2.05) is 32.3 Å². The Hall–Kier alpha value is -1.10. The van der Waals surface area contributed by atoms with Crippen LogP contribution in [-0.2, 0) is 4.79 Å². The highest BCUT2D eigenvalue weighted by atomic mass is 35.5. The van der Waals surface area contributed by atoms with E-state index in [0.29, 0.717) is 6.54 Å². The molecule has 1 saturated heterocycles. The van der Waals surface area contributed by atoms with Crippen molar-refractivity contribution in [3.05, 3.63) is 35.9 Å². The fourth-order valence-corrected chi connectivity index (χ4v) is 3.23. The first-order valence-electron chi connectivity index (χ1n) is 8.14. The minimum Gasteiger partial charge on any atom is -0.353 e. The Morgan fingerprint density at radius 2 is 2.00 bits per heavy atom. The molecule has 1 heterocycles. The number of halogens is 1. The summed E-state index contributed by atoms with van der Waals surface area (Å²) in [4.78, 5) is 14.7. The van der Waals surface area contributed by atoms with Crippen LogP contribution in [0.15, 0.2) is 30.3 Å². The lowest BCUT2D eigenvalue weighted by atomic mass is 9.77. The molecule has 0 spiro atoms. The number of hydrogen-bond acceptors (Lipinski definition) is 3. The van der Waals surface area contributed by atoms with Crippen molar-refractivity contribution in [2.24, 2.45) is 5.41 Å². The van der Waals surface area contributed by atoms with Crippen LogP contribution in [0, 0.1) is 5.41 Å². The molecule has 130 valence electrons. The predicted molar refractivity (Wildman–Crippen MR) is 97.9 cm³/mol. The number of likely N-dealkylation sites (N-methyl/N-ethyl adjacent to an activating group) is 1. The van der Waals surface area contributed by atoms with Crippen LogP contribution in [0.2, 0.25) is 0 Å². The standard InChI is InChI=1S/C18H29N3O.ClH/c1-18(2)11-8-12-19-16(18)17(22)20-13-15(21(3)4)14-9-6-5-7-10-14;/h5-7,9-10,15-16,19H,8,11-13H2,1-4H3,(H,20,22);1H. The Morgan fingerprint density at radius 3 is 2.57 bits per heavy atom. The summed E-state index contributed by atoms with van der Waals surface area (Å²) < 4.78 is 0. The second kappa shape index (κ2) is 8.67.